The Morgan fingerprint density at radius 3 is 2.29 bits per heavy atom. The van der Waals surface area contributed by atoms with E-state index in [9.17, 15) is 0 Å². The highest BCUT2D eigenvalue weighted by Gasteiger charge is 2.59. The second-order valence-corrected chi connectivity index (χ2v) is 9.14. The van der Waals surface area contributed by atoms with Gasteiger partial charge in [0, 0.05) is 10.6 Å². The Morgan fingerprint density at radius 2 is 2.00 bits per heavy atom. The molecular weight excluding hydrogens is 223 g/mol. The first kappa shape index (κ1) is 15.0. The molecule has 17 heavy (non-hydrogen) atoms. The summed E-state index contributed by atoms with van der Waals surface area (Å²) in [5.74, 6) is 0.559. The quantitative estimate of drug-likeness (QED) is 0.461. The molecule has 0 aromatic carbocycles. The van der Waals surface area contributed by atoms with Crippen molar-refractivity contribution in [2.24, 2.45) is 11.3 Å². The zero-order valence-corrected chi connectivity index (χ0v) is 13.6. The van der Waals surface area contributed by atoms with Crippen molar-refractivity contribution in [1.82, 2.24) is 0 Å². The molecule has 0 amide bonds. The fourth-order valence-electron chi connectivity index (χ4n) is 3.45. The van der Waals surface area contributed by atoms with Crippen molar-refractivity contribution in [3.05, 3.63) is 24.3 Å². The molecule has 1 aliphatic rings. The Bertz CT molecular complexity index is 341. The monoisotopic (exact) mass is 252 g/mol. The highest BCUT2D eigenvalue weighted by molar-refractivity contribution is 7.62. The van der Waals surface area contributed by atoms with Gasteiger partial charge in [-0.05, 0) is 24.7 Å². The SMILES string of the molecule is C=C(C(C)C)C(C)(CC)C1(C)C(=C)C(C)P1C. The maximum atomic E-state index is 4.41. The van der Waals surface area contributed by atoms with Gasteiger partial charge in [-0.2, -0.15) is 0 Å². The van der Waals surface area contributed by atoms with Gasteiger partial charge in [0.1, 0.15) is 0 Å². The average Bonchev–Trinajstić information content (AvgIpc) is 2.33. The minimum Gasteiger partial charge on any atom is -0.0990 e. The molecule has 0 saturated carbocycles. The molecule has 0 radical (unpaired) electrons. The highest BCUT2D eigenvalue weighted by atomic mass is 31.1. The van der Waals surface area contributed by atoms with Gasteiger partial charge in [0.05, 0.1) is 0 Å². The third kappa shape index (κ3) is 1.75. The van der Waals surface area contributed by atoms with E-state index in [-0.39, 0.29) is 18.5 Å². The van der Waals surface area contributed by atoms with Crippen LogP contribution in [0.15, 0.2) is 24.3 Å². The topological polar surface area (TPSA) is 0 Å². The number of allylic oxidation sites excluding steroid dienone is 2. The molecule has 1 fully saturated rings. The standard InChI is InChI=1S/C16H29P/c1-10-15(7,12(4)11(2)3)16(8)13(5)14(6)17(16)9/h11,14H,4-5,10H2,1-3,6-9H3. The third-order valence-corrected chi connectivity index (χ3v) is 9.27. The fourth-order valence-corrected chi connectivity index (χ4v) is 6.48. The van der Waals surface area contributed by atoms with Gasteiger partial charge in [0.2, 0.25) is 0 Å². The summed E-state index contributed by atoms with van der Waals surface area (Å²) in [7, 11) is 0.0249. The van der Waals surface area contributed by atoms with Crippen molar-refractivity contribution in [3.63, 3.8) is 0 Å². The Labute approximate surface area is 109 Å². The third-order valence-electron chi connectivity index (χ3n) is 5.60. The van der Waals surface area contributed by atoms with Crippen LogP contribution in [0.1, 0.15) is 48.0 Å². The molecule has 0 N–H and O–H groups in total. The molecule has 0 aromatic rings. The lowest BCUT2D eigenvalue weighted by atomic mass is 9.63. The van der Waals surface area contributed by atoms with Crippen molar-refractivity contribution < 1.29 is 0 Å². The van der Waals surface area contributed by atoms with E-state index < -0.39 is 0 Å². The van der Waals surface area contributed by atoms with Crippen molar-refractivity contribution in [3.8, 4) is 0 Å². The molecule has 1 heteroatoms. The molecule has 0 aliphatic carbocycles. The first-order chi connectivity index (χ1) is 7.64. The van der Waals surface area contributed by atoms with Crippen LogP contribution in [0.4, 0.5) is 0 Å². The van der Waals surface area contributed by atoms with Crippen LogP contribution in [0.5, 0.6) is 0 Å². The summed E-state index contributed by atoms with van der Waals surface area (Å²) in [6.45, 7) is 25.2. The minimum absolute atomic E-state index is 0.0249. The van der Waals surface area contributed by atoms with Gasteiger partial charge in [-0.3, -0.25) is 0 Å². The zero-order valence-electron chi connectivity index (χ0n) is 12.7. The molecule has 1 aliphatic heterocycles. The highest BCUT2D eigenvalue weighted by Crippen LogP contribution is 2.75. The molecular formula is C16H29P. The van der Waals surface area contributed by atoms with E-state index in [0.29, 0.717) is 5.92 Å². The number of hydrogen-bond acceptors (Lipinski definition) is 0. The molecule has 4 unspecified atom stereocenters. The lowest BCUT2D eigenvalue weighted by molar-refractivity contribution is 0.269. The zero-order chi connectivity index (χ0) is 13.6. The molecule has 1 rings (SSSR count). The van der Waals surface area contributed by atoms with Crippen LogP contribution in [0.3, 0.4) is 0 Å². The second kappa shape index (κ2) is 4.54. The van der Waals surface area contributed by atoms with Crippen molar-refractivity contribution in [1.29, 1.82) is 0 Å². The molecule has 0 bridgehead atoms. The maximum absolute atomic E-state index is 4.41. The van der Waals surface area contributed by atoms with Crippen LogP contribution in [0.25, 0.3) is 0 Å². The summed E-state index contributed by atoms with van der Waals surface area (Å²) in [6.07, 6.45) is 1.17. The van der Waals surface area contributed by atoms with Crippen LogP contribution in [0, 0.1) is 11.3 Å². The van der Waals surface area contributed by atoms with E-state index in [2.05, 4.69) is 61.4 Å². The fraction of sp³-hybridized carbons (Fsp3) is 0.750. The van der Waals surface area contributed by atoms with Gasteiger partial charge < -0.3 is 0 Å². The summed E-state index contributed by atoms with van der Waals surface area (Å²) in [4.78, 5) is 0. The van der Waals surface area contributed by atoms with Gasteiger partial charge in [0.25, 0.3) is 0 Å². The van der Waals surface area contributed by atoms with E-state index in [0.717, 1.165) is 5.66 Å². The van der Waals surface area contributed by atoms with E-state index in [1.165, 1.54) is 17.6 Å². The van der Waals surface area contributed by atoms with Gasteiger partial charge >= 0.3 is 0 Å². The molecule has 1 heterocycles. The number of hydrogen-bond donors (Lipinski definition) is 0. The molecule has 0 spiro atoms. The summed E-state index contributed by atoms with van der Waals surface area (Å²) >= 11 is 0. The van der Waals surface area contributed by atoms with E-state index >= 15 is 0 Å². The van der Waals surface area contributed by atoms with Crippen molar-refractivity contribution in [2.45, 2.75) is 58.8 Å². The lowest BCUT2D eigenvalue weighted by Crippen LogP contribution is -2.55. The summed E-state index contributed by atoms with van der Waals surface area (Å²) in [6, 6.07) is 0. The smallest absolute Gasteiger partial charge is 0.0182 e. The first-order valence-electron chi connectivity index (χ1n) is 6.76. The predicted octanol–water partition coefficient (Wildman–Crippen LogP) is 5.44. The lowest BCUT2D eigenvalue weighted by Gasteiger charge is -2.63. The van der Waals surface area contributed by atoms with Crippen LogP contribution in [0.2, 0.25) is 0 Å². The van der Waals surface area contributed by atoms with Gasteiger partial charge in [-0.1, -0.05) is 73.8 Å². The first-order valence-corrected chi connectivity index (χ1v) is 8.61. The van der Waals surface area contributed by atoms with E-state index in [4.69, 9.17) is 0 Å². The van der Waals surface area contributed by atoms with Crippen LogP contribution >= 0.6 is 7.92 Å². The van der Waals surface area contributed by atoms with Crippen molar-refractivity contribution in [2.75, 3.05) is 6.66 Å². The van der Waals surface area contributed by atoms with Crippen LogP contribution < -0.4 is 0 Å². The Balaban J connectivity index is 3.19. The Hall–Kier alpha value is -0.0900. The largest absolute Gasteiger partial charge is 0.0990 e. The van der Waals surface area contributed by atoms with E-state index in [1.54, 1.807) is 0 Å². The molecule has 98 valence electrons. The molecule has 0 aromatic heterocycles. The van der Waals surface area contributed by atoms with Crippen LogP contribution in [-0.4, -0.2) is 17.5 Å². The summed E-state index contributed by atoms with van der Waals surface area (Å²) in [5, 5.41) is 0.290. The minimum atomic E-state index is 0.0249. The van der Waals surface area contributed by atoms with Crippen LogP contribution in [-0.2, 0) is 0 Å². The average molecular weight is 252 g/mol. The van der Waals surface area contributed by atoms with Crippen molar-refractivity contribution >= 4 is 7.92 Å². The van der Waals surface area contributed by atoms with Gasteiger partial charge in [-0.25, -0.2) is 0 Å². The molecule has 0 nitrogen and oxygen atoms in total. The summed E-state index contributed by atoms with van der Waals surface area (Å²) in [5.41, 5.74) is 3.80. The Kier molecular flexibility index (Phi) is 4.00. The normalized spacial score (nSPS) is 36.6. The second-order valence-electron chi connectivity index (χ2n) is 6.25. The van der Waals surface area contributed by atoms with Gasteiger partial charge in [-0.15, -0.1) is 0 Å². The Morgan fingerprint density at radius 1 is 1.53 bits per heavy atom. The van der Waals surface area contributed by atoms with E-state index in [1.807, 2.05) is 0 Å². The number of rotatable bonds is 4. The summed E-state index contributed by atoms with van der Waals surface area (Å²) < 4.78 is 0. The predicted molar refractivity (Wildman–Crippen MR) is 82.2 cm³/mol. The maximum Gasteiger partial charge on any atom is 0.0182 e. The molecule has 4 atom stereocenters. The van der Waals surface area contributed by atoms with Gasteiger partial charge in [0.15, 0.2) is 0 Å². The molecule has 1 saturated heterocycles.